The lowest BCUT2D eigenvalue weighted by Crippen LogP contribution is -2.46. The van der Waals surface area contributed by atoms with Crippen molar-refractivity contribution in [3.05, 3.63) is 58.1 Å². The number of halogens is 2. The van der Waals surface area contributed by atoms with Gasteiger partial charge < -0.3 is 14.6 Å². The molecule has 4 rings (SSSR count). The van der Waals surface area contributed by atoms with E-state index in [9.17, 15) is 14.0 Å². The van der Waals surface area contributed by atoms with Crippen molar-refractivity contribution < 1.29 is 18.4 Å². The summed E-state index contributed by atoms with van der Waals surface area (Å²) in [4.78, 5) is 27.1. The van der Waals surface area contributed by atoms with Gasteiger partial charge in [-0.25, -0.2) is 4.39 Å². The number of nitrogens with one attached hydrogen (secondary N) is 1. The minimum atomic E-state index is -0.359. The molecule has 5 nitrogen and oxygen atoms in total. The molecule has 0 aliphatic carbocycles. The molecule has 0 unspecified atom stereocenters. The molecule has 1 N–H and O–H groups in total. The predicted molar refractivity (Wildman–Crippen MR) is 102 cm³/mol. The third-order valence-corrected chi connectivity index (χ3v) is 6.34. The zero-order valence-electron chi connectivity index (χ0n) is 14.2. The molecule has 140 valence electrons. The lowest BCUT2D eigenvalue weighted by Gasteiger charge is -2.32. The van der Waals surface area contributed by atoms with Crippen molar-refractivity contribution in [1.29, 1.82) is 0 Å². The topological polar surface area (TPSA) is 62.6 Å². The van der Waals surface area contributed by atoms with E-state index in [1.165, 1.54) is 36.0 Å². The largest absolute Gasteiger partial charge is 0.472 e. The van der Waals surface area contributed by atoms with Crippen LogP contribution in [-0.2, 0) is 0 Å². The number of benzene rings is 1. The Morgan fingerprint density at radius 1 is 1.26 bits per heavy atom. The first-order valence-corrected chi connectivity index (χ1v) is 9.72. The Kier molecular flexibility index (Phi) is 4.88. The Balaban J connectivity index is 1.40. The van der Waals surface area contributed by atoms with Crippen LogP contribution in [0.5, 0.6) is 0 Å². The number of hydrogen-bond acceptors (Lipinski definition) is 4. The normalized spacial score (nSPS) is 15.3. The van der Waals surface area contributed by atoms with Crippen LogP contribution in [0.1, 0.15) is 32.9 Å². The number of thiophene rings is 1. The number of carbonyl (C=O) groups is 2. The summed E-state index contributed by atoms with van der Waals surface area (Å²) in [6.45, 7) is 1.11. The highest BCUT2D eigenvalue weighted by atomic mass is 35.5. The van der Waals surface area contributed by atoms with E-state index in [1.54, 1.807) is 17.0 Å². The molecule has 1 aromatic carbocycles. The Morgan fingerprint density at radius 2 is 2.04 bits per heavy atom. The zero-order chi connectivity index (χ0) is 19.0. The summed E-state index contributed by atoms with van der Waals surface area (Å²) >= 11 is 7.49. The van der Waals surface area contributed by atoms with Gasteiger partial charge in [0.1, 0.15) is 17.0 Å². The molecule has 1 aliphatic rings. The number of piperidine rings is 1. The first-order chi connectivity index (χ1) is 13.0. The molecule has 3 aromatic rings. The molecule has 1 saturated heterocycles. The second-order valence-corrected chi connectivity index (χ2v) is 7.87. The summed E-state index contributed by atoms with van der Waals surface area (Å²) in [7, 11) is 0. The second kappa shape index (κ2) is 7.32. The summed E-state index contributed by atoms with van der Waals surface area (Å²) in [5.74, 6) is -0.689. The van der Waals surface area contributed by atoms with E-state index in [0.717, 1.165) is 0 Å². The van der Waals surface area contributed by atoms with Crippen molar-refractivity contribution >= 4 is 44.8 Å². The number of hydrogen-bond donors (Lipinski definition) is 1. The number of furan rings is 1. The first kappa shape index (κ1) is 18.0. The van der Waals surface area contributed by atoms with E-state index in [1.807, 2.05) is 0 Å². The number of rotatable bonds is 3. The number of amides is 2. The summed E-state index contributed by atoms with van der Waals surface area (Å²) in [6, 6.07) is 5.89. The molecule has 0 spiro atoms. The summed E-state index contributed by atoms with van der Waals surface area (Å²) in [5, 5.41) is 4.00. The summed E-state index contributed by atoms with van der Waals surface area (Å²) in [6.07, 6.45) is 4.22. The standard InChI is InChI=1S/C19H16ClFN2O3S/c20-16-14-2-1-12(21)9-15(14)27-17(16)18(24)22-13-3-6-23(7-4-13)19(25)11-5-8-26-10-11/h1-2,5,8-10,13H,3-4,6-7H2,(H,22,24). The van der Waals surface area contributed by atoms with Crippen LogP contribution in [0.2, 0.25) is 5.02 Å². The Hall–Kier alpha value is -2.38. The van der Waals surface area contributed by atoms with E-state index < -0.39 is 0 Å². The van der Waals surface area contributed by atoms with Crippen LogP contribution in [0.25, 0.3) is 10.1 Å². The Labute approximate surface area is 163 Å². The van der Waals surface area contributed by atoms with E-state index in [-0.39, 0.29) is 23.7 Å². The van der Waals surface area contributed by atoms with Crippen LogP contribution in [0.4, 0.5) is 4.39 Å². The molecule has 2 amide bonds. The number of likely N-dealkylation sites (tertiary alicyclic amines) is 1. The molecule has 2 aromatic heterocycles. The summed E-state index contributed by atoms with van der Waals surface area (Å²) < 4.78 is 19.0. The van der Waals surface area contributed by atoms with E-state index in [2.05, 4.69) is 5.32 Å². The second-order valence-electron chi connectivity index (χ2n) is 6.44. The molecule has 1 aliphatic heterocycles. The highest BCUT2D eigenvalue weighted by Crippen LogP contribution is 2.35. The maximum absolute atomic E-state index is 13.4. The maximum Gasteiger partial charge on any atom is 0.263 e. The molecule has 3 heterocycles. The van der Waals surface area contributed by atoms with Gasteiger partial charge in [0.2, 0.25) is 0 Å². The monoisotopic (exact) mass is 406 g/mol. The predicted octanol–water partition coefficient (Wildman–Crippen LogP) is 4.32. The highest BCUT2D eigenvalue weighted by molar-refractivity contribution is 7.21. The third kappa shape index (κ3) is 3.57. The maximum atomic E-state index is 13.4. The van der Waals surface area contributed by atoms with E-state index in [4.69, 9.17) is 16.0 Å². The molecular formula is C19H16ClFN2O3S. The molecule has 0 saturated carbocycles. The third-order valence-electron chi connectivity index (χ3n) is 4.68. The summed E-state index contributed by atoms with van der Waals surface area (Å²) in [5.41, 5.74) is 0.529. The average molecular weight is 407 g/mol. The van der Waals surface area contributed by atoms with Gasteiger partial charge >= 0.3 is 0 Å². The average Bonchev–Trinajstić information content (AvgIpc) is 3.30. The van der Waals surface area contributed by atoms with Gasteiger partial charge in [-0.15, -0.1) is 11.3 Å². The molecule has 27 heavy (non-hydrogen) atoms. The van der Waals surface area contributed by atoms with Crippen molar-refractivity contribution in [2.75, 3.05) is 13.1 Å². The van der Waals surface area contributed by atoms with E-state index in [0.29, 0.717) is 51.5 Å². The zero-order valence-corrected chi connectivity index (χ0v) is 15.8. The molecule has 0 radical (unpaired) electrons. The van der Waals surface area contributed by atoms with Crippen molar-refractivity contribution in [1.82, 2.24) is 10.2 Å². The molecule has 0 bridgehead atoms. The van der Waals surface area contributed by atoms with Gasteiger partial charge in [-0.1, -0.05) is 11.6 Å². The lowest BCUT2D eigenvalue weighted by molar-refractivity contribution is 0.0697. The minimum absolute atomic E-state index is 0.0380. The van der Waals surface area contributed by atoms with Gasteiger partial charge in [-0.2, -0.15) is 0 Å². The van der Waals surface area contributed by atoms with Crippen molar-refractivity contribution in [3.8, 4) is 0 Å². The van der Waals surface area contributed by atoms with Gasteiger partial charge in [0.15, 0.2) is 0 Å². The fourth-order valence-electron chi connectivity index (χ4n) is 3.23. The Bertz CT molecular complexity index is 994. The number of carbonyl (C=O) groups excluding carboxylic acids is 2. The smallest absolute Gasteiger partial charge is 0.263 e. The minimum Gasteiger partial charge on any atom is -0.472 e. The number of fused-ring (bicyclic) bond motifs is 1. The SMILES string of the molecule is O=C(NC1CCN(C(=O)c2ccoc2)CC1)c1sc2cc(F)ccc2c1Cl. The van der Waals surface area contributed by atoms with Crippen molar-refractivity contribution in [2.24, 2.45) is 0 Å². The number of nitrogens with zero attached hydrogens (tertiary/aromatic N) is 1. The lowest BCUT2D eigenvalue weighted by atomic mass is 10.0. The van der Waals surface area contributed by atoms with Crippen LogP contribution in [0, 0.1) is 5.82 Å². The van der Waals surface area contributed by atoms with Crippen molar-refractivity contribution in [3.63, 3.8) is 0 Å². The first-order valence-electron chi connectivity index (χ1n) is 8.53. The fourth-order valence-corrected chi connectivity index (χ4v) is 4.68. The molecule has 0 atom stereocenters. The fraction of sp³-hybridized carbons (Fsp3) is 0.263. The quantitative estimate of drug-likeness (QED) is 0.704. The molecule has 1 fully saturated rings. The molecular weight excluding hydrogens is 391 g/mol. The van der Waals surface area contributed by atoms with Gasteiger partial charge in [0.25, 0.3) is 11.8 Å². The molecule has 8 heteroatoms. The van der Waals surface area contributed by atoms with Crippen LogP contribution >= 0.6 is 22.9 Å². The van der Waals surface area contributed by atoms with Crippen LogP contribution in [-0.4, -0.2) is 35.8 Å². The highest BCUT2D eigenvalue weighted by Gasteiger charge is 2.26. The Morgan fingerprint density at radius 3 is 2.74 bits per heavy atom. The van der Waals surface area contributed by atoms with Crippen LogP contribution in [0.3, 0.4) is 0 Å². The van der Waals surface area contributed by atoms with Gasteiger partial charge in [-0.05, 0) is 37.1 Å². The van der Waals surface area contributed by atoms with Gasteiger partial charge in [-0.3, -0.25) is 9.59 Å². The van der Waals surface area contributed by atoms with Crippen LogP contribution in [0.15, 0.2) is 41.2 Å². The van der Waals surface area contributed by atoms with Crippen molar-refractivity contribution in [2.45, 2.75) is 18.9 Å². The van der Waals surface area contributed by atoms with Gasteiger partial charge in [0, 0.05) is 29.2 Å². The van der Waals surface area contributed by atoms with Gasteiger partial charge in [0.05, 0.1) is 16.8 Å². The van der Waals surface area contributed by atoms with Crippen LogP contribution < -0.4 is 5.32 Å². The van der Waals surface area contributed by atoms with E-state index >= 15 is 0 Å².